The van der Waals surface area contributed by atoms with Gasteiger partial charge in [0.2, 0.25) is 0 Å². The summed E-state index contributed by atoms with van der Waals surface area (Å²) in [4.78, 5) is 15.6. The van der Waals surface area contributed by atoms with Crippen molar-refractivity contribution < 1.29 is 0 Å². The molecule has 4 aromatic rings. The van der Waals surface area contributed by atoms with Crippen LogP contribution in [0.5, 0.6) is 0 Å². The minimum Gasteiger partial charge on any atom is -0.354 e. The van der Waals surface area contributed by atoms with E-state index in [0.717, 1.165) is 48.3 Å². The SMILES string of the molecule is CN1CCN(c2nc(-c3cn4ccsc4n3)cc3ccccc23)CC1. The van der Waals surface area contributed by atoms with Gasteiger partial charge in [0.1, 0.15) is 11.5 Å². The molecule has 0 unspecified atom stereocenters. The van der Waals surface area contributed by atoms with Crippen LogP contribution in [0.25, 0.3) is 27.1 Å². The third-order valence-electron chi connectivity index (χ3n) is 4.88. The van der Waals surface area contributed by atoms with E-state index in [0.29, 0.717) is 0 Å². The van der Waals surface area contributed by atoms with Gasteiger partial charge in [0.15, 0.2) is 4.96 Å². The number of imidazole rings is 1. The van der Waals surface area contributed by atoms with Crippen molar-refractivity contribution in [2.24, 2.45) is 0 Å². The number of thiazole rings is 1. The van der Waals surface area contributed by atoms with E-state index in [9.17, 15) is 0 Å². The third kappa shape index (κ3) is 2.58. The molecule has 0 aliphatic carbocycles. The lowest BCUT2D eigenvalue weighted by Gasteiger charge is -2.34. The van der Waals surface area contributed by atoms with E-state index in [4.69, 9.17) is 9.97 Å². The van der Waals surface area contributed by atoms with E-state index in [1.165, 1.54) is 10.8 Å². The Hall–Kier alpha value is -2.44. The van der Waals surface area contributed by atoms with Crippen LogP contribution in [0.15, 0.2) is 48.1 Å². The molecule has 4 heterocycles. The minimum absolute atomic E-state index is 0.938. The van der Waals surface area contributed by atoms with Gasteiger partial charge in [-0.3, -0.25) is 4.40 Å². The highest BCUT2D eigenvalue weighted by molar-refractivity contribution is 7.15. The smallest absolute Gasteiger partial charge is 0.194 e. The number of pyridine rings is 1. The predicted octanol–water partition coefficient (Wildman–Crippen LogP) is 3.36. The van der Waals surface area contributed by atoms with Crippen molar-refractivity contribution in [2.75, 3.05) is 38.1 Å². The van der Waals surface area contributed by atoms with Crippen molar-refractivity contribution in [2.45, 2.75) is 0 Å². The summed E-state index contributed by atoms with van der Waals surface area (Å²) in [6, 6.07) is 10.7. The highest BCUT2D eigenvalue weighted by atomic mass is 32.1. The fourth-order valence-corrected chi connectivity index (χ4v) is 4.12. The van der Waals surface area contributed by atoms with E-state index in [1.807, 2.05) is 6.20 Å². The minimum atomic E-state index is 0.938. The average molecular weight is 349 g/mol. The number of fused-ring (bicyclic) bond motifs is 2. The number of aromatic nitrogens is 3. The van der Waals surface area contributed by atoms with Gasteiger partial charge in [-0.05, 0) is 18.5 Å². The second-order valence-electron chi connectivity index (χ2n) is 6.56. The molecule has 1 saturated heterocycles. The normalized spacial score (nSPS) is 16.1. The zero-order valence-electron chi connectivity index (χ0n) is 14.1. The van der Waals surface area contributed by atoms with Gasteiger partial charge >= 0.3 is 0 Å². The first-order valence-corrected chi connectivity index (χ1v) is 9.42. The second-order valence-corrected chi connectivity index (χ2v) is 7.43. The van der Waals surface area contributed by atoms with Gasteiger partial charge in [-0.2, -0.15) is 0 Å². The van der Waals surface area contributed by atoms with Gasteiger partial charge < -0.3 is 9.80 Å². The quantitative estimate of drug-likeness (QED) is 0.556. The fraction of sp³-hybridized carbons (Fsp3) is 0.263. The van der Waals surface area contributed by atoms with Crippen molar-refractivity contribution in [3.8, 4) is 11.4 Å². The first kappa shape index (κ1) is 14.9. The summed E-state index contributed by atoms with van der Waals surface area (Å²) in [6.45, 7) is 4.16. The standard InChI is InChI=1S/C19H19N5S/c1-22-6-8-23(9-7-22)18-15-5-3-2-4-14(15)12-16(20-18)17-13-24-10-11-25-19(24)21-17/h2-5,10-13H,6-9H2,1H3. The van der Waals surface area contributed by atoms with Crippen molar-refractivity contribution in [1.29, 1.82) is 0 Å². The van der Waals surface area contributed by atoms with Crippen molar-refractivity contribution in [3.63, 3.8) is 0 Å². The number of benzene rings is 1. The number of anilines is 1. The lowest BCUT2D eigenvalue weighted by atomic mass is 10.1. The van der Waals surface area contributed by atoms with Crippen LogP contribution in [-0.4, -0.2) is 52.5 Å². The molecule has 0 saturated carbocycles. The van der Waals surface area contributed by atoms with Crippen LogP contribution < -0.4 is 4.90 Å². The molecule has 6 heteroatoms. The lowest BCUT2D eigenvalue weighted by molar-refractivity contribution is 0.312. The molecule has 25 heavy (non-hydrogen) atoms. The molecule has 0 N–H and O–H groups in total. The van der Waals surface area contributed by atoms with E-state index < -0.39 is 0 Å². The summed E-state index contributed by atoms with van der Waals surface area (Å²) < 4.78 is 2.06. The highest BCUT2D eigenvalue weighted by Gasteiger charge is 2.19. The van der Waals surface area contributed by atoms with Crippen molar-refractivity contribution >= 4 is 32.9 Å². The number of hydrogen-bond donors (Lipinski definition) is 0. The Bertz CT molecular complexity index is 1010. The van der Waals surface area contributed by atoms with E-state index in [2.05, 4.69) is 63.2 Å². The van der Waals surface area contributed by atoms with E-state index >= 15 is 0 Å². The molecule has 0 spiro atoms. The van der Waals surface area contributed by atoms with Crippen LogP contribution in [0.1, 0.15) is 0 Å². The molecule has 1 aliphatic rings. The van der Waals surface area contributed by atoms with Gasteiger partial charge in [0, 0.05) is 49.3 Å². The second kappa shape index (κ2) is 5.82. The highest BCUT2D eigenvalue weighted by Crippen LogP contribution is 2.30. The Kier molecular flexibility index (Phi) is 3.46. The maximum absolute atomic E-state index is 5.03. The van der Waals surface area contributed by atoms with Crippen LogP contribution in [0.2, 0.25) is 0 Å². The number of likely N-dealkylation sites (N-methyl/N-ethyl adjacent to an activating group) is 1. The maximum atomic E-state index is 5.03. The molecule has 0 radical (unpaired) electrons. The Morgan fingerprint density at radius 1 is 1.00 bits per heavy atom. The molecule has 0 bridgehead atoms. The summed E-state index contributed by atoms with van der Waals surface area (Å²) in [7, 11) is 2.18. The van der Waals surface area contributed by atoms with Crippen LogP contribution in [0.4, 0.5) is 5.82 Å². The number of hydrogen-bond acceptors (Lipinski definition) is 5. The van der Waals surface area contributed by atoms with Gasteiger partial charge in [-0.1, -0.05) is 24.3 Å². The summed E-state index contributed by atoms with van der Waals surface area (Å²) in [5.41, 5.74) is 1.89. The fourth-order valence-electron chi connectivity index (χ4n) is 3.42. The molecular weight excluding hydrogens is 330 g/mol. The summed E-state index contributed by atoms with van der Waals surface area (Å²) >= 11 is 1.65. The molecule has 0 amide bonds. The topological polar surface area (TPSA) is 36.7 Å². The molecule has 5 nitrogen and oxygen atoms in total. The molecule has 1 aromatic carbocycles. The molecule has 1 fully saturated rings. The molecule has 5 rings (SSSR count). The monoisotopic (exact) mass is 349 g/mol. The zero-order chi connectivity index (χ0) is 16.8. The van der Waals surface area contributed by atoms with Crippen LogP contribution >= 0.6 is 11.3 Å². The first-order chi connectivity index (χ1) is 12.3. The Morgan fingerprint density at radius 2 is 1.84 bits per heavy atom. The van der Waals surface area contributed by atoms with Gasteiger partial charge in [0.25, 0.3) is 0 Å². The summed E-state index contributed by atoms with van der Waals surface area (Å²) in [5, 5.41) is 4.49. The maximum Gasteiger partial charge on any atom is 0.194 e. The van der Waals surface area contributed by atoms with Crippen molar-refractivity contribution in [3.05, 3.63) is 48.1 Å². The molecule has 3 aromatic heterocycles. The Labute approximate surface area is 150 Å². The number of piperazine rings is 1. The van der Waals surface area contributed by atoms with Gasteiger partial charge in [-0.15, -0.1) is 11.3 Å². The third-order valence-corrected chi connectivity index (χ3v) is 5.65. The first-order valence-electron chi connectivity index (χ1n) is 8.54. The zero-order valence-corrected chi connectivity index (χ0v) is 14.9. The average Bonchev–Trinajstić information content (AvgIpc) is 3.23. The number of nitrogens with zero attached hydrogens (tertiary/aromatic N) is 5. The predicted molar refractivity (Wildman–Crippen MR) is 104 cm³/mol. The largest absolute Gasteiger partial charge is 0.354 e. The molecule has 0 atom stereocenters. The molecule has 1 aliphatic heterocycles. The van der Waals surface area contributed by atoms with Crippen molar-refractivity contribution in [1.82, 2.24) is 19.3 Å². The summed E-state index contributed by atoms with van der Waals surface area (Å²) in [6.07, 6.45) is 4.11. The summed E-state index contributed by atoms with van der Waals surface area (Å²) in [5.74, 6) is 1.08. The molecular formula is C19H19N5S. The van der Waals surface area contributed by atoms with Crippen LogP contribution in [-0.2, 0) is 0 Å². The van der Waals surface area contributed by atoms with Crippen LogP contribution in [0.3, 0.4) is 0 Å². The molecule has 126 valence electrons. The lowest BCUT2D eigenvalue weighted by Crippen LogP contribution is -2.44. The van der Waals surface area contributed by atoms with Gasteiger partial charge in [0.05, 0.1) is 5.69 Å². The van der Waals surface area contributed by atoms with Gasteiger partial charge in [-0.25, -0.2) is 9.97 Å². The van der Waals surface area contributed by atoms with E-state index in [-0.39, 0.29) is 0 Å². The van der Waals surface area contributed by atoms with E-state index in [1.54, 1.807) is 11.3 Å². The Balaban J connectivity index is 1.66. The Morgan fingerprint density at radius 3 is 2.68 bits per heavy atom. The number of rotatable bonds is 2. The van der Waals surface area contributed by atoms with Crippen LogP contribution in [0, 0.1) is 0 Å².